The minimum Gasteiger partial charge on any atom is -0.378 e. The van der Waals surface area contributed by atoms with Crippen LogP contribution in [0.4, 0.5) is 5.69 Å². The number of hydrogen-bond donors (Lipinski definition) is 0. The molecule has 1 heterocycles. The van der Waals surface area contributed by atoms with E-state index in [2.05, 4.69) is 4.98 Å². The maximum absolute atomic E-state index is 13.3. The topological polar surface area (TPSA) is 53.5 Å². The monoisotopic (exact) mass is 383 g/mol. The first kappa shape index (κ1) is 19.3. The molecule has 3 aromatic rings. The van der Waals surface area contributed by atoms with Crippen molar-refractivity contribution in [2.24, 2.45) is 0 Å². The second kappa shape index (κ2) is 7.66. The normalized spacial score (nSPS) is 11.9. The molecule has 0 aliphatic carbocycles. The fraction of sp³-hybridized carbons (Fsp3) is 0.286. The number of fused-ring (bicyclic) bond motifs is 1. The lowest BCUT2D eigenvalue weighted by Gasteiger charge is -2.22. The van der Waals surface area contributed by atoms with Gasteiger partial charge in [0.1, 0.15) is 4.90 Å². The average molecular weight is 384 g/mol. The standard InChI is InChI=1S/C21H25N3O2S/c1-5-24(15-17-9-11-19(12-10-17)23(3)4)27(25,26)20-8-6-7-18-13-16(2)14-22-21(18)20/h6-14H,5,15H2,1-4H3. The molecule has 0 amide bonds. The Kier molecular flexibility index (Phi) is 5.48. The van der Waals surface area contributed by atoms with Gasteiger partial charge in [0.15, 0.2) is 0 Å². The highest BCUT2D eigenvalue weighted by Gasteiger charge is 2.26. The molecule has 0 spiro atoms. The molecule has 0 unspecified atom stereocenters. The predicted octanol–water partition coefficient (Wildman–Crippen LogP) is 3.82. The minimum absolute atomic E-state index is 0.256. The molecule has 5 nitrogen and oxygen atoms in total. The second-order valence-corrected chi connectivity index (χ2v) is 8.74. The molecule has 142 valence electrons. The quantitative estimate of drug-likeness (QED) is 0.649. The van der Waals surface area contributed by atoms with Crippen molar-refractivity contribution in [2.75, 3.05) is 25.5 Å². The third-order valence-electron chi connectivity index (χ3n) is 4.59. The van der Waals surface area contributed by atoms with Gasteiger partial charge < -0.3 is 4.90 Å². The van der Waals surface area contributed by atoms with E-state index in [0.717, 1.165) is 22.2 Å². The molecule has 0 aliphatic heterocycles. The molecule has 1 aromatic heterocycles. The largest absolute Gasteiger partial charge is 0.378 e. The molecule has 0 radical (unpaired) electrons. The van der Waals surface area contributed by atoms with Crippen LogP contribution in [0.25, 0.3) is 10.9 Å². The van der Waals surface area contributed by atoms with Crippen molar-refractivity contribution < 1.29 is 8.42 Å². The van der Waals surface area contributed by atoms with E-state index in [1.54, 1.807) is 18.3 Å². The van der Waals surface area contributed by atoms with Gasteiger partial charge in [-0.05, 0) is 42.3 Å². The molecule has 6 heteroatoms. The fourth-order valence-corrected chi connectivity index (χ4v) is 4.66. The van der Waals surface area contributed by atoms with Crippen molar-refractivity contribution in [2.45, 2.75) is 25.3 Å². The zero-order chi connectivity index (χ0) is 19.6. The van der Waals surface area contributed by atoms with Crippen LogP contribution >= 0.6 is 0 Å². The number of hydrogen-bond acceptors (Lipinski definition) is 4. The Labute approximate surface area is 161 Å². The molecule has 0 saturated heterocycles. The summed E-state index contributed by atoms with van der Waals surface area (Å²) in [5.41, 5.74) is 3.56. The van der Waals surface area contributed by atoms with Gasteiger partial charge in [-0.3, -0.25) is 4.98 Å². The predicted molar refractivity (Wildman–Crippen MR) is 111 cm³/mol. The van der Waals surface area contributed by atoms with Crippen molar-refractivity contribution in [3.63, 3.8) is 0 Å². The molecular formula is C21H25N3O2S. The van der Waals surface area contributed by atoms with Gasteiger partial charge in [-0.15, -0.1) is 0 Å². The Hall–Kier alpha value is -2.44. The number of sulfonamides is 1. The summed E-state index contributed by atoms with van der Waals surface area (Å²) >= 11 is 0. The van der Waals surface area contributed by atoms with Gasteiger partial charge in [-0.2, -0.15) is 4.31 Å². The van der Waals surface area contributed by atoms with Crippen LogP contribution in [-0.2, 0) is 16.6 Å². The summed E-state index contributed by atoms with van der Waals surface area (Å²) < 4.78 is 28.1. The SMILES string of the molecule is CCN(Cc1ccc(N(C)C)cc1)S(=O)(=O)c1cccc2cc(C)cnc12. The van der Waals surface area contributed by atoms with Crippen LogP contribution in [0, 0.1) is 6.92 Å². The highest BCUT2D eigenvalue weighted by atomic mass is 32.2. The molecule has 27 heavy (non-hydrogen) atoms. The van der Waals surface area contributed by atoms with Gasteiger partial charge in [0, 0.05) is 44.5 Å². The van der Waals surface area contributed by atoms with Crippen molar-refractivity contribution in [3.05, 3.63) is 65.9 Å². The van der Waals surface area contributed by atoms with Crippen LogP contribution in [0.2, 0.25) is 0 Å². The maximum Gasteiger partial charge on any atom is 0.245 e. The Bertz CT molecular complexity index is 1040. The van der Waals surface area contributed by atoms with Gasteiger partial charge in [0.2, 0.25) is 10.0 Å². The van der Waals surface area contributed by atoms with Crippen molar-refractivity contribution >= 4 is 26.6 Å². The molecular weight excluding hydrogens is 358 g/mol. The summed E-state index contributed by atoms with van der Waals surface area (Å²) in [7, 11) is 0.304. The molecule has 0 saturated carbocycles. The first-order chi connectivity index (χ1) is 12.8. The van der Waals surface area contributed by atoms with Crippen molar-refractivity contribution in [1.82, 2.24) is 9.29 Å². The van der Waals surface area contributed by atoms with E-state index in [0.29, 0.717) is 18.6 Å². The van der Waals surface area contributed by atoms with E-state index in [4.69, 9.17) is 0 Å². The van der Waals surface area contributed by atoms with Gasteiger partial charge in [-0.25, -0.2) is 8.42 Å². The third kappa shape index (κ3) is 3.96. The van der Waals surface area contributed by atoms with Crippen molar-refractivity contribution in [1.29, 1.82) is 0 Å². The maximum atomic E-state index is 13.3. The van der Waals surface area contributed by atoms with Gasteiger partial charge >= 0.3 is 0 Å². The molecule has 2 aromatic carbocycles. The zero-order valence-electron chi connectivity index (χ0n) is 16.2. The summed E-state index contributed by atoms with van der Waals surface area (Å²) in [6, 6.07) is 15.2. The number of benzene rings is 2. The van der Waals surface area contributed by atoms with Crippen LogP contribution in [0.3, 0.4) is 0 Å². The van der Waals surface area contributed by atoms with E-state index in [1.165, 1.54) is 4.31 Å². The number of rotatable bonds is 6. The van der Waals surface area contributed by atoms with Gasteiger partial charge in [-0.1, -0.05) is 31.2 Å². The van der Waals surface area contributed by atoms with Crippen LogP contribution < -0.4 is 4.90 Å². The lowest BCUT2D eigenvalue weighted by Crippen LogP contribution is -2.30. The average Bonchev–Trinajstić information content (AvgIpc) is 2.65. The first-order valence-electron chi connectivity index (χ1n) is 8.94. The molecule has 0 N–H and O–H groups in total. The number of aryl methyl sites for hydroxylation is 1. The van der Waals surface area contributed by atoms with Crippen LogP contribution in [0.1, 0.15) is 18.1 Å². The third-order valence-corrected chi connectivity index (χ3v) is 6.55. The van der Waals surface area contributed by atoms with E-state index in [-0.39, 0.29) is 4.90 Å². The smallest absolute Gasteiger partial charge is 0.245 e. The molecule has 0 atom stereocenters. The summed E-state index contributed by atoms with van der Waals surface area (Å²) in [6.07, 6.45) is 1.71. The number of anilines is 1. The summed E-state index contributed by atoms with van der Waals surface area (Å²) in [5, 5.41) is 0.836. The molecule has 0 aliphatic rings. The highest BCUT2D eigenvalue weighted by Crippen LogP contribution is 2.26. The van der Waals surface area contributed by atoms with Gasteiger partial charge in [0.25, 0.3) is 0 Å². The highest BCUT2D eigenvalue weighted by molar-refractivity contribution is 7.89. The lowest BCUT2D eigenvalue weighted by atomic mass is 10.2. The summed E-state index contributed by atoms with van der Waals surface area (Å²) in [4.78, 5) is 6.66. The van der Waals surface area contributed by atoms with E-state index in [1.807, 2.05) is 69.2 Å². The molecule has 3 rings (SSSR count). The first-order valence-corrected chi connectivity index (χ1v) is 10.4. The van der Waals surface area contributed by atoms with Crippen LogP contribution in [0.5, 0.6) is 0 Å². The number of nitrogens with zero attached hydrogens (tertiary/aromatic N) is 3. The number of pyridine rings is 1. The zero-order valence-corrected chi connectivity index (χ0v) is 17.0. The number of aromatic nitrogens is 1. The lowest BCUT2D eigenvalue weighted by molar-refractivity contribution is 0.424. The van der Waals surface area contributed by atoms with E-state index in [9.17, 15) is 8.42 Å². The Morgan fingerprint density at radius 2 is 1.74 bits per heavy atom. The van der Waals surface area contributed by atoms with Crippen LogP contribution in [-0.4, -0.2) is 38.3 Å². The van der Waals surface area contributed by atoms with Crippen LogP contribution in [0.15, 0.2) is 59.6 Å². The molecule has 0 bridgehead atoms. The second-order valence-electron chi connectivity index (χ2n) is 6.83. The minimum atomic E-state index is -3.65. The molecule has 0 fully saturated rings. The Morgan fingerprint density at radius 1 is 1.04 bits per heavy atom. The van der Waals surface area contributed by atoms with Crippen molar-refractivity contribution in [3.8, 4) is 0 Å². The Morgan fingerprint density at radius 3 is 2.37 bits per heavy atom. The Balaban J connectivity index is 1.97. The van der Waals surface area contributed by atoms with E-state index < -0.39 is 10.0 Å². The summed E-state index contributed by atoms with van der Waals surface area (Å²) in [5.74, 6) is 0. The van der Waals surface area contributed by atoms with E-state index >= 15 is 0 Å². The summed E-state index contributed by atoms with van der Waals surface area (Å²) in [6.45, 7) is 4.52. The number of para-hydroxylation sites is 1. The fourth-order valence-electron chi connectivity index (χ4n) is 3.06. The van der Waals surface area contributed by atoms with Gasteiger partial charge in [0.05, 0.1) is 5.52 Å².